The van der Waals surface area contributed by atoms with Crippen LogP contribution >= 0.6 is 10.7 Å². The Morgan fingerprint density at radius 1 is 1.23 bits per heavy atom. The van der Waals surface area contributed by atoms with E-state index in [1.165, 1.54) is 6.92 Å². The van der Waals surface area contributed by atoms with Crippen LogP contribution in [-0.4, -0.2) is 18.6 Å². The minimum Gasteiger partial charge on any atom is -0.504 e. The second-order valence-electron chi connectivity index (χ2n) is 2.54. The number of rotatable bonds is 1. The molecule has 0 aliphatic heterocycles. The summed E-state index contributed by atoms with van der Waals surface area (Å²) in [5, 5.41) is 18.0. The number of hydrogen-bond donors (Lipinski definition) is 2. The first-order chi connectivity index (χ1) is 5.82. The second kappa shape index (κ2) is 3.08. The maximum absolute atomic E-state index is 10.9. The molecule has 13 heavy (non-hydrogen) atoms. The van der Waals surface area contributed by atoms with Crippen LogP contribution in [0, 0.1) is 6.92 Å². The molecule has 0 aromatic heterocycles. The number of halogens is 1. The number of aryl methyl sites for hydroxylation is 1. The molecule has 0 saturated heterocycles. The van der Waals surface area contributed by atoms with Gasteiger partial charge in [0.15, 0.2) is 11.5 Å². The number of phenolic OH excluding ortho intramolecular Hbond substituents is 2. The molecule has 0 heterocycles. The van der Waals surface area contributed by atoms with E-state index in [2.05, 4.69) is 0 Å². The lowest BCUT2D eigenvalue weighted by atomic mass is 10.2. The molecule has 1 aromatic rings. The Hall–Kier alpha value is -0.940. The first-order valence-corrected chi connectivity index (χ1v) is 5.60. The van der Waals surface area contributed by atoms with Crippen LogP contribution in [0.3, 0.4) is 0 Å². The van der Waals surface area contributed by atoms with Crippen molar-refractivity contribution in [3.05, 3.63) is 17.7 Å². The fraction of sp³-hybridized carbons (Fsp3) is 0.143. The largest absolute Gasteiger partial charge is 0.504 e. The van der Waals surface area contributed by atoms with E-state index in [-0.39, 0.29) is 16.2 Å². The summed E-state index contributed by atoms with van der Waals surface area (Å²) < 4.78 is 21.8. The zero-order chi connectivity index (χ0) is 10.2. The van der Waals surface area contributed by atoms with E-state index in [4.69, 9.17) is 20.9 Å². The SMILES string of the molecule is Cc1cc(O)c(O)cc1S(=O)(=O)Cl. The van der Waals surface area contributed by atoms with Gasteiger partial charge in [0, 0.05) is 16.7 Å². The summed E-state index contributed by atoms with van der Waals surface area (Å²) in [6.45, 7) is 1.47. The molecule has 0 saturated carbocycles. The summed E-state index contributed by atoms with van der Waals surface area (Å²) in [5.41, 5.74) is 0.283. The Bertz CT molecular complexity index is 438. The molecule has 0 aliphatic rings. The third-order valence-electron chi connectivity index (χ3n) is 1.53. The summed E-state index contributed by atoms with van der Waals surface area (Å²) >= 11 is 0. The summed E-state index contributed by atoms with van der Waals surface area (Å²) in [5.74, 6) is -0.883. The highest BCUT2D eigenvalue weighted by atomic mass is 35.7. The lowest BCUT2D eigenvalue weighted by Gasteiger charge is -2.03. The van der Waals surface area contributed by atoms with Crippen LogP contribution in [0.5, 0.6) is 11.5 Å². The van der Waals surface area contributed by atoms with Crippen molar-refractivity contribution in [3.8, 4) is 11.5 Å². The molecule has 72 valence electrons. The first-order valence-electron chi connectivity index (χ1n) is 3.29. The average Bonchev–Trinajstić information content (AvgIpc) is 1.94. The molecule has 1 rings (SSSR count). The molecule has 2 N–H and O–H groups in total. The predicted octanol–water partition coefficient (Wildman–Crippen LogP) is 1.33. The molecule has 6 heteroatoms. The highest BCUT2D eigenvalue weighted by Crippen LogP contribution is 2.31. The smallest absolute Gasteiger partial charge is 0.261 e. The Kier molecular flexibility index (Phi) is 2.40. The lowest BCUT2D eigenvalue weighted by Crippen LogP contribution is -1.93. The molecular weight excluding hydrogens is 216 g/mol. The normalized spacial score (nSPS) is 11.5. The van der Waals surface area contributed by atoms with Crippen LogP contribution in [0.25, 0.3) is 0 Å². The van der Waals surface area contributed by atoms with Gasteiger partial charge in [0.05, 0.1) is 4.90 Å². The van der Waals surface area contributed by atoms with Gasteiger partial charge in [-0.25, -0.2) is 8.42 Å². The summed E-state index contributed by atoms with van der Waals surface area (Å²) in [7, 11) is 1.20. The third kappa shape index (κ3) is 2.05. The number of hydrogen-bond acceptors (Lipinski definition) is 4. The zero-order valence-corrected chi connectivity index (χ0v) is 8.22. The minimum atomic E-state index is -3.87. The number of phenols is 2. The van der Waals surface area contributed by atoms with Gasteiger partial charge >= 0.3 is 0 Å². The second-order valence-corrected chi connectivity index (χ2v) is 5.08. The standard InChI is InChI=1S/C7H7ClO4S/c1-4-2-5(9)6(10)3-7(4)13(8,11)12/h2-3,9-10H,1H3. The minimum absolute atomic E-state index is 0.204. The fourth-order valence-electron chi connectivity index (χ4n) is 0.925. The molecule has 0 atom stereocenters. The predicted molar refractivity (Wildman–Crippen MR) is 47.5 cm³/mol. The van der Waals surface area contributed by atoms with Gasteiger partial charge in [-0.3, -0.25) is 0 Å². The van der Waals surface area contributed by atoms with E-state index in [1.54, 1.807) is 0 Å². The summed E-state index contributed by atoms with van der Waals surface area (Å²) in [6, 6.07) is 2.04. The van der Waals surface area contributed by atoms with E-state index < -0.39 is 14.8 Å². The van der Waals surface area contributed by atoms with Crippen LogP contribution < -0.4 is 0 Å². The van der Waals surface area contributed by atoms with Crippen LogP contribution in [-0.2, 0) is 9.05 Å². The van der Waals surface area contributed by atoms with E-state index in [0.29, 0.717) is 0 Å². The molecule has 0 aliphatic carbocycles. The summed E-state index contributed by atoms with van der Waals surface area (Å²) in [6.07, 6.45) is 0. The molecule has 0 bridgehead atoms. The highest BCUT2D eigenvalue weighted by molar-refractivity contribution is 8.13. The van der Waals surface area contributed by atoms with Crippen molar-refractivity contribution in [2.75, 3.05) is 0 Å². The van der Waals surface area contributed by atoms with Gasteiger partial charge in [-0.2, -0.15) is 0 Å². The van der Waals surface area contributed by atoms with Gasteiger partial charge in [0.1, 0.15) is 0 Å². The maximum atomic E-state index is 10.9. The molecule has 0 amide bonds. The lowest BCUT2D eigenvalue weighted by molar-refractivity contribution is 0.401. The zero-order valence-electron chi connectivity index (χ0n) is 6.65. The van der Waals surface area contributed by atoms with E-state index in [1.807, 2.05) is 0 Å². The van der Waals surface area contributed by atoms with Crippen molar-refractivity contribution in [1.82, 2.24) is 0 Å². The van der Waals surface area contributed by atoms with Crippen molar-refractivity contribution >= 4 is 19.7 Å². The van der Waals surface area contributed by atoms with E-state index in [9.17, 15) is 8.42 Å². The fourth-order valence-corrected chi connectivity index (χ4v) is 2.12. The average molecular weight is 223 g/mol. The van der Waals surface area contributed by atoms with Crippen molar-refractivity contribution < 1.29 is 18.6 Å². The van der Waals surface area contributed by atoms with Crippen LogP contribution in [0.15, 0.2) is 17.0 Å². The van der Waals surface area contributed by atoms with Crippen LogP contribution in [0.1, 0.15) is 5.56 Å². The molecule has 0 spiro atoms. The van der Waals surface area contributed by atoms with Gasteiger partial charge < -0.3 is 10.2 Å². The Balaban J connectivity index is 3.50. The maximum Gasteiger partial charge on any atom is 0.261 e. The van der Waals surface area contributed by atoms with Gasteiger partial charge in [-0.1, -0.05) is 0 Å². The quantitative estimate of drug-likeness (QED) is 0.555. The molecule has 0 radical (unpaired) electrons. The van der Waals surface area contributed by atoms with Crippen LogP contribution in [0.4, 0.5) is 0 Å². The molecule has 1 aromatic carbocycles. The van der Waals surface area contributed by atoms with Gasteiger partial charge in [0.25, 0.3) is 9.05 Å². The Morgan fingerprint density at radius 3 is 2.15 bits per heavy atom. The molecule has 4 nitrogen and oxygen atoms in total. The number of benzene rings is 1. The first kappa shape index (κ1) is 10.1. The van der Waals surface area contributed by atoms with Gasteiger partial charge in [-0.05, 0) is 18.6 Å². The van der Waals surface area contributed by atoms with Gasteiger partial charge in [-0.15, -0.1) is 0 Å². The van der Waals surface area contributed by atoms with Crippen molar-refractivity contribution in [3.63, 3.8) is 0 Å². The monoisotopic (exact) mass is 222 g/mol. The van der Waals surface area contributed by atoms with Crippen molar-refractivity contribution in [2.24, 2.45) is 0 Å². The van der Waals surface area contributed by atoms with Crippen molar-refractivity contribution in [1.29, 1.82) is 0 Å². The number of aromatic hydroxyl groups is 2. The third-order valence-corrected chi connectivity index (χ3v) is 3.00. The highest BCUT2D eigenvalue weighted by Gasteiger charge is 2.16. The van der Waals surface area contributed by atoms with E-state index in [0.717, 1.165) is 12.1 Å². The molecular formula is C7H7ClO4S. The Morgan fingerprint density at radius 2 is 1.69 bits per heavy atom. The van der Waals surface area contributed by atoms with Crippen LogP contribution in [0.2, 0.25) is 0 Å². The molecule has 0 unspecified atom stereocenters. The Labute approximate surface area is 79.8 Å². The summed E-state index contributed by atoms with van der Waals surface area (Å²) in [4.78, 5) is -0.204. The van der Waals surface area contributed by atoms with Crippen molar-refractivity contribution in [2.45, 2.75) is 11.8 Å². The molecule has 0 fully saturated rings. The van der Waals surface area contributed by atoms with Gasteiger partial charge in [0.2, 0.25) is 0 Å². The van der Waals surface area contributed by atoms with E-state index >= 15 is 0 Å². The topological polar surface area (TPSA) is 74.6 Å².